The van der Waals surface area contributed by atoms with Gasteiger partial charge >= 0.3 is 0 Å². The summed E-state index contributed by atoms with van der Waals surface area (Å²) in [6.45, 7) is 15.8. The number of hydrogen-bond acceptors (Lipinski definition) is 1. The number of ether oxygens (including phenoxy) is 1. The van der Waals surface area contributed by atoms with Gasteiger partial charge in [0.2, 0.25) is 0 Å². The third-order valence-electron chi connectivity index (χ3n) is 2.02. The summed E-state index contributed by atoms with van der Waals surface area (Å²) in [6, 6.07) is 0. The van der Waals surface area contributed by atoms with Crippen molar-refractivity contribution in [1.29, 1.82) is 0 Å². The van der Waals surface area contributed by atoms with Gasteiger partial charge in [-0.05, 0) is 24.5 Å². The third kappa shape index (κ3) is 4.56. The first-order chi connectivity index (χ1) is 5.91. The second-order valence-corrected chi connectivity index (χ2v) is 4.13. The molecular weight excluding hydrogens is 160 g/mol. The van der Waals surface area contributed by atoms with E-state index >= 15 is 0 Å². The molecule has 0 radical (unpaired) electrons. The normalized spacial score (nSPS) is 14.9. The Morgan fingerprint density at radius 3 is 2.15 bits per heavy atom. The van der Waals surface area contributed by atoms with Gasteiger partial charge in [-0.1, -0.05) is 40.0 Å². The van der Waals surface area contributed by atoms with Crippen LogP contribution in [0.25, 0.3) is 0 Å². The lowest BCUT2D eigenvalue weighted by atomic mass is 9.90. The first-order valence-electron chi connectivity index (χ1n) is 4.53. The van der Waals surface area contributed by atoms with E-state index in [1.165, 1.54) is 0 Å². The molecule has 0 aliphatic rings. The molecule has 13 heavy (non-hydrogen) atoms. The topological polar surface area (TPSA) is 9.23 Å². The van der Waals surface area contributed by atoms with Gasteiger partial charge in [-0.2, -0.15) is 0 Å². The van der Waals surface area contributed by atoms with Crippen LogP contribution in [0.4, 0.5) is 0 Å². The molecule has 0 aliphatic carbocycles. The van der Waals surface area contributed by atoms with E-state index < -0.39 is 0 Å². The highest BCUT2D eigenvalue weighted by Crippen LogP contribution is 2.23. The minimum Gasteiger partial charge on any atom is -0.490 e. The molecule has 0 amide bonds. The molecule has 0 fully saturated rings. The van der Waals surface area contributed by atoms with Crippen molar-refractivity contribution in [2.75, 3.05) is 0 Å². The lowest BCUT2D eigenvalue weighted by molar-refractivity contribution is 0.0481. The first kappa shape index (κ1) is 12.0. The number of hydrogen-bond donors (Lipinski definition) is 0. The van der Waals surface area contributed by atoms with Crippen molar-refractivity contribution in [2.24, 2.45) is 5.41 Å². The fourth-order valence-corrected chi connectivity index (χ4v) is 0.652. The molecule has 0 aromatic carbocycles. The molecule has 0 aromatic heterocycles. The monoisotopic (exact) mass is 180 g/mol. The van der Waals surface area contributed by atoms with Gasteiger partial charge in [0.15, 0.2) is 0 Å². The van der Waals surface area contributed by atoms with E-state index in [1.54, 1.807) is 12.2 Å². The first-order valence-corrected chi connectivity index (χ1v) is 4.53. The molecule has 1 atom stereocenters. The van der Waals surface area contributed by atoms with Gasteiger partial charge in [0.05, 0.1) is 0 Å². The fourth-order valence-electron chi connectivity index (χ4n) is 0.652. The van der Waals surface area contributed by atoms with E-state index in [9.17, 15) is 0 Å². The van der Waals surface area contributed by atoms with E-state index in [1.807, 2.05) is 6.08 Å². The Morgan fingerprint density at radius 1 is 1.31 bits per heavy atom. The van der Waals surface area contributed by atoms with Crippen LogP contribution in [0, 0.1) is 5.41 Å². The Kier molecular flexibility index (Phi) is 4.53. The van der Waals surface area contributed by atoms with E-state index in [4.69, 9.17) is 4.74 Å². The molecule has 0 aliphatic heterocycles. The number of rotatable bonds is 4. The molecule has 0 spiro atoms. The lowest BCUT2D eigenvalue weighted by Gasteiger charge is -2.28. The van der Waals surface area contributed by atoms with Gasteiger partial charge in [-0.3, -0.25) is 0 Å². The quantitative estimate of drug-likeness (QED) is 0.473. The Hall–Kier alpha value is -0.980. The summed E-state index contributed by atoms with van der Waals surface area (Å²) >= 11 is 0. The van der Waals surface area contributed by atoms with Crippen molar-refractivity contribution in [3.8, 4) is 0 Å². The van der Waals surface area contributed by atoms with Crippen LogP contribution in [0.3, 0.4) is 0 Å². The second-order valence-electron chi connectivity index (χ2n) is 4.13. The molecule has 0 aromatic rings. The van der Waals surface area contributed by atoms with Crippen molar-refractivity contribution in [2.45, 2.75) is 33.8 Å². The van der Waals surface area contributed by atoms with Crippen LogP contribution in [0.1, 0.15) is 27.7 Å². The van der Waals surface area contributed by atoms with Gasteiger partial charge in [-0.25, -0.2) is 0 Å². The largest absolute Gasteiger partial charge is 0.490 e. The van der Waals surface area contributed by atoms with Crippen LogP contribution in [-0.4, -0.2) is 6.10 Å². The van der Waals surface area contributed by atoms with E-state index in [-0.39, 0.29) is 11.5 Å². The van der Waals surface area contributed by atoms with Crippen LogP contribution in [0.15, 0.2) is 37.1 Å². The predicted molar refractivity (Wildman–Crippen MR) is 58.5 cm³/mol. The summed E-state index contributed by atoms with van der Waals surface area (Å²) < 4.78 is 5.68. The molecule has 74 valence electrons. The summed E-state index contributed by atoms with van der Waals surface area (Å²) in [7, 11) is 0. The van der Waals surface area contributed by atoms with Gasteiger partial charge in [0.1, 0.15) is 11.9 Å². The van der Waals surface area contributed by atoms with Crippen LogP contribution < -0.4 is 0 Å². The second kappa shape index (κ2) is 4.90. The fraction of sp³-hybridized carbons (Fsp3) is 0.500. The zero-order valence-corrected chi connectivity index (χ0v) is 9.13. The molecule has 0 bridgehead atoms. The summed E-state index contributed by atoms with van der Waals surface area (Å²) in [5.74, 6) is 0.775. The van der Waals surface area contributed by atoms with Gasteiger partial charge in [-0.15, -0.1) is 0 Å². The minimum atomic E-state index is 0.142. The predicted octanol–water partition coefficient (Wildman–Crippen LogP) is 3.69. The Labute approximate surface area is 81.8 Å². The van der Waals surface area contributed by atoms with Crippen molar-refractivity contribution < 1.29 is 4.74 Å². The lowest BCUT2D eigenvalue weighted by Crippen LogP contribution is -2.25. The molecule has 0 N–H and O–H groups in total. The van der Waals surface area contributed by atoms with E-state index in [0.717, 1.165) is 5.76 Å². The van der Waals surface area contributed by atoms with Crippen molar-refractivity contribution in [3.05, 3.63) is 37.1 Å². The van der Waals surface area contributed by atoms with Crippen LogP contribution in [-0.2, 0) is 4.74 Å². The SMILES string of the molecule is C=C/C=C(\C=C)OC(C)C(C)(C)C. The van der Waals surface area contributed by atoms with Crippen LogP contribution in [0.2, 0.25) is 0 Å². The highest BCUT2D eigenvalue weighted by molar-refractivity contribution is 5.15. The smallest absolute Gasteiger partial charge is 0.119 e. The van der Waals surface area contributed by atoms with Crippen molar-refractivity contribution in [1.82, 2.24) is 0 Å². The zero-order valence-electron chi connectivity index (χ0n) is 9.13. The highest BCUT2D eigenvalue weighted by atomic mass is 16.5. The molecular formula is C12H20O. The standard InChI is InChI=1S/C12H20O/c1-7-9-11(8-2)13-10(3)12(4,5)6/h7-10H,1-2H2,3-6H3/b11-9+. The molecule has 1 heteroatoms. The Bertz CT molecular complexity index is 206. The average molecular weight is 180 g/mol. The summed E-state index contributed by atoms with van der Waals surface area (Å²) in [5.41, 5.74) is 0.142. The average Bonchev–Trinajstić information content (AvgIpc) is 2.01. The summed E-state index contributed by atoms with van der Waals surface area (Å²) in [4.78, 5) is 0. The van der Waals surface area contributed by atoms with E-state index in [2.05, 4.69) is 40.9 Å². The summed E-state index contributed by atoms with van der Waals surface area (Å²) in [6.07, 6.45) is 5.38. The van der Waals surface area contributed by atoms with Gasteiger partial charge in [0, 0.05) is 0 Å². The van der Waals surface area contributed by atoms with E-state index in [0.29, 0.717) is 0 Å². The molecule has 1 nitrogen and oxygen atoms in total. The molecule has 0 rings (SSSR count). The van der Waals surface area contributed by atoms with Crippen LogP contribution >= 0.6 is 0 Å². The zero-order chi connectivity index (χ0) is 10.5. The van der Waals surface area contributed by atoms with Gasteiger partial charge in [0.25, 0.3) is 0 Å². The third-order valence-corrected chi connectivity index (χ3v) is 2.02. The Morgan fingerprint density at radius 2 is 1.85 bits per heavy atom. The maximum absolute atomic E-state index is 5.68. The highest BCUT2D eigenvalue weighted by Gasteiger charge is 2.21. The molecule has 1 unspecified atom stereocenters. The Balaban J connectivity index is 4.33. The van der Waals surface area contributed by atoms with Crippen molar-refractivity contribution in [3.63, 3.8) is 0 Å². The molecule has 0 heterocycles. The number of allylic oxidation sites excluding steroid dienone is 3. The van der Waals surface area contributed by atoms with Crippen LogP contribution in [0.5, 0.6) is 0 Å². The minimum absolute atomic E-state index is 0.142. The van der Waals surface area contributed by atoms with Gasteiger partial charge < -0.3 is 4.74 Å². The maximum Gasteiger partial charge on any atom is 0.119 e. The molecule has 0 saturated heterocycles. The molecule has 0 saturated carbocycles. The summed E-state index contributed by atoms with van der Waals surface area (Å²) in [5, 5.41) is 0. The maximum atomic E-state index is 5.68. The van der Waals surface area contributed by atoms with Crippen molar-refractivity contribution >= 4 is 0 Å².